The SMILES string of the molecule is CC(C)(C)OC(=O)NCC(=O)OCCC(F)(F)C(F)(F)C(F)(F)C(F)(F)C(F)(F)C(F)(F)C(F)(F)C(F)(F)F. The lowest BCUT2D eigenvalue weighted by Crippen LogP contribution is -2.74. The van der Waals surface area contributed by atoms with Crippen LogP contribution in [0.4, 0.5) is 79.4 Å². The minimum absolute atomic E-state index is 1.13. The van der Waals surface area contributed by atoms with Crippen LogP contribution in [0.1, 0.15) is 27.2 Å². The minimum Gasteiger partial charge on any atom is -0.464 e. The molecule has 0 aliphatic heterocycles. The van der Waals surface area contributed by atoms with Gasteiger partial charge in [0.05, 0.1) is 13.0 Å². The molecule has 0 fully saturated rings. The second kappa shape index (κ2) is 10.5. The zero-order chi connectivity index (χ0) is 31.9. The van der Waals surface area contributed by atoms with Crippen molar-refractivity contribution in [3.8, 4) is 0 Å². The first-order chi connectivity index (χ1) is 16.7. The molecule has 39 heavy (non-hydrogen) atoms. The predicted octanol–water partition coefficient (Wildman–Crippen LogP) is 6.45. The largest absolute Gasteiger partial charge is 0.464 e. The van der Waals surface area contributed by atoms with Crippen molar-refractivity contribution in [2.45, 2.75) is 80.4 Å². The Balaban J connectivity index is 5.84. The van der Waals surface area contributed by atoms with Crippen LogP contribution in [0.5, 0.6) is 0 Å². The Morgan fingerprint density at radius 3 is 1.31 bits per heavy atom. The molecule has 232 valence electrons. The highest BCUT2D eigenvalue weighted by atomic mass is 19.4. The first-order valence-corrected chi connectivity index (χ1v) is 9.58. The Morgan fingerprint density at radius 2 is 0.949 bits per heavy atom. The summed E-state index contributed by atoms with van der Waals surface area (Å²) in [5, 5.41) is 1.63. The van der Waals surface area contributed by atoms with Gasteiger partial charge in [-0.15, -0.1) is 0 Å². The molecule has 0 aromatic heterocycles. The third-order valence-corrected chi connectivity index (χ3v) is 4.24. The number of rotatable bonds is 11. The fourth-order valence-corrected chi connectivity index (χ4v) is 2.16. The van der Waals surface area contributed by atoms with Crippen molar-refractivity contribution in [1.82, 2.24) is 5.32 Å². The van der Waals surface area contributed by atoms with Crippen LogP contribution in [0.3, 0.4) is 0 Å². The van der Waals surface area contributed by atoms with E-state index in [1.165, 1.54) is 20.8 Å². The van der Waals surface area contributed by atoms with E-state index in [4.69, 9.17) is 0 Å². The molecule has 0 saturated heterocycles. The van der Waals surface area contributed by atoms with Crippen molar-refractivity contribution in [3.63, 3.8) is 0 Å². The number of alkyl carbamates (subject to hydrolysis) is 1. The Labute approximate surface area is 205 Å². The minimum atomic E-state index is -8.72. The summed E-state index contributed by atoms with van der Waals surface area (Å²) >= 11 is 0. The van der Waals surface area contributed by atoms with E-state index >= 15 is 0 Å². The van der Waals surface area contributed by atoms with Gasteiger partial charge < -0.3 is 14.8 Å². The molecule has 22 heteroatoms. The fraction of sp³-hybridized carbons (Fsp3) is 0.882. The van der Waals surface area contributed by atoms with E-state index in [2.05, 4.69) is 9.47 Å². The molecule has 0 rings (SSSR count). The van der Waals surface area contributed by atoms with E-state index in [-0.39, 0.29) is 0 Å². The number of nitrogens with one attached hydrogen (secondary N) is 1. The third kappa shape index (κ3) is 6.65. The molecule has 1 N–H and O–H groups in total. The Bertz CT molecular complexity index is 893. The van der Waals surface area contributed by atoms with E-state index < -0.39 is 84.9 Å². The van der Waals surface area contributed by atoms with Gasteiger partial charge in [-0.2, -0.15) is 74.6 Å². The number of carbonyl (C=O) groups excluding carboxylic acids is 2. The monoisotopic (exact) mass is 621 g/mol. The van der Waals surface area contributed by atoms with Gasteiger partial charge in [-0.25, -0.2) is 4.79 Å². The Morgan fingerprint density at radius 1 is 0.590 bits per heavy atom. The summed E-state index contributed by atoms with van der Waals surface area (Å²) in [5.74, 6) is -59.0. The number of alkyl halides is 17. The van der Waals surface area contributed by atoms with Crippen LogP contribution in [0.15, 0.2) is 0 Å². The van der Waals surface area contributed by atoms with E-state index in [1.54, 1.807) is 5.32 Å². The van der Waals surface area contributed by atoms with Crippen molar-refractivity contribution in [1.29, 1.82) is 0 Å². The summed E-state index contributed by atoms with van der Waals surface area (Å²) in [5.41, 5.74) is -1.13. The molecule has 5 nitrogen and oxygen atoms in total. The summed E-state index contributed by atoms with van der Waals surface area (Å²) in [6.07, 6.45) is -12.1. The quantitative estimate of drug-likeness (QED) is 0.213. The number of halogens is 17. The average Bonchev–Trinajstić information content (AvgIpc) is 2.69. The smallest absolute Gasteiger partial charge is 0.460 e. The topological polar surface area (TPSA) is 64.6 Å². The lowest BCUT2D eigenvalue weighted by molar-refractivity contribution is -0.461. The van der Waals surface area contributed by atoms with Gasteiger partial charge in [0.1, 0.15) is 12.1 Å². The van der Waals surface area contributed by atoms with Gasteiger partial charge in [0, 0.05) is 0 Å². The summed E-state index contributed by atoms with van der Waals surface area (Å²) in [6, 6.07) is 0. The van der Waals surface area contributed by atoms with Crippen molar-refractivity contribution in [2.24, 2.45) is 0 Å². The van der Waals surface area contributed by atoms with Crippen LogP contribution in [0.25, 0.3) is 0 Å². The highest BCUT2D eigenvalue weighted by Crippen LogP contribution is 2.64. The van der Waals surface area contributed by atoms with Gasteiger partial charge in [0.25, 0.3) is 0 Å². The molecule has 0 aromatic rings. The first-order valence-electron chi connectivity index (χ1n) is 9.58. The summed E-state index contributed by atoms with van der Waals surface area (Å²) in [4.78, 5) is 22.5. The van der Waals surface area contributed by atoms with Crippen molar-refractivity contribution in [2.75, 3.05) is 13.2 Å². The molecule has 0 bridgehead atoms. The van der Waals surface area contributed by atoms with Gasteiger partial charge in [-0.3, -0.25) is 4.79 Å². The maximum Gasteiger partial charge on any atom is 0.460 e. The second-order valence-electron chi connectivity index (χ2n) is 8.47. The molecule has 0 aliphatic carbocycles. The molecule has 0 unspecified atom stereocenters. The molecule has 0 spiro atoms. The lowest BCUT2D eigenvalue weighted by atomic mass is 9.88. The summed E-state index contributed by atoms with van der Waals surface area (Å²) < 4.78 is 232. The molecule has 0 saturated carbocycles. The Hall–Kier alpha value is -2.45. The highest BCUT2D eigenvalue weighted by molar-refractivity contribution is 5.77. The summed E-state index contributed by atoms with van der Waals surface area (Å²) in [6.45, 7) is 0.652. The maximum atomic E-state index is 13.7. The second-order valence-corrected chi connectivity index (χ2v) is 8.47. The number of amides is 1. The number of esters is 1. The van der Waals surface area contributed by atoms with Gasteiger partial charge in [0.2, 0.25) is 0 Å². The third-order valence-electron chi connectivity index (χ3n) is 4.24. The van der Waals surface area contributed by atoms with Gasteiger partial charge >= 0.3 is 59.7 Å². The zero-order valence-electron chi connectivity index (χ0n) is 19.2. The first kappa shape index (κ1) is 36.5. The van der Waals surface area contributed by atoms with Gasteiger partial charge in [-0.1, -0.05) is 0 Å². The lowest BCUT2D eigenvalue weighted by Gasteiger charge is -2.42. The van der Waals surface area contributed by atoms with Gasteiger partial charge in [-0.05, 0) is 20.8 Å². The van der Waals surface area contributed by atoms with Crippen LogP contribution >= 0.6 is 0 Å². The van der Waals surface area contributed by atoms with E-state index in [0.717, 1.165) is 0 Å². The highest BCUT2D eigenvalue weighted by Gasteiger charge is 2.95. The number of hydrogen-bond donors (Lipinski definition) is 1. The van der Waals surface area contributed by atoms with E-state index in [0.29, 0.717) is 0 Å². The number of carbonyl (C=O) groups is 2. The summed E-state index contributed by atoms with van der Waals surface area (Å²) in [7, 11) is 0. The molecule has 0 aliphatic rings. The molecule has 0 aromatic carbocycles. The van der Waals surface area contributed by atoms with E-state index in [1.807, 2.05) is 0 Å². The Kier molecular flexibility index (Phi) is 9.85. The van der Waals surface area contributed by atoms with Crippen LogP contribution < -0.4 is 5.32 Å². The molecular weight excluding hydrogens is 605 g/mol. The average molecular weight is 621 g/mol. The van der Waals surface area contributed by atoms with Crippen LogP contribution in [0.2, 0.25) is 0 Å². The van der Waals surface area contributed by atoms with Crippen LogP contribution in [-0.2, 0) is 14.3 Å². The van der Waals surface area contributed by atoms with Gasteiger partial charge in [0.15, 0.2) is 0 Å². The van der Waals surface area contributed by atoms with Crippen molar-refractivity contribution < 1.29 is 93.7 Å². The number of hydrogen-bond acceptors (Lipinski definition) is 4. The van der Waals surface area contributed by atoms with Crippen LogP contribution in [0, 0.1) is 0 Å². The maximum absolute atomic E-state index is 13.7. The molecule has 0 heterocycles. The fourth-order valence-electron chi connectivity index (χ4n) is 2.16. The van der Waals surface area contributed by atoms with Crippen molar-refractivity contribution >= 4 is 12.1 Å². The molecule has 1 amide bonds. The molecule has 0 radical (unpaired) electrons. The van der Waals surface area contributed by atoms with Crippen LogP contribution in [-0.4, -0.2) is 78.4 Å². The standard InChI is InChI=1S/C17H16F17NO4/c1-9(2,3)39-8(37)35-6-7(36)38-5-4-10(18,19)11(20,21)12(22,23)13(24,25)14(26,27)15(28,29)16(30,31)17(32,33)34/h4-6H2,1-3H3,(H,35,37). The number of ether oxygens (including phenoxy) is 2. The van der Waals surface area contributed by atoms with E-state index in [9.17, 15) is 84.2 Å². The molecular formula is C17H16F17NO4. The predicted molar refractivity (Wildman–Crippen MR) is 90.5 cm³/mol. The normalized spacial score (nSPS) is 15.2. The zero-order valence-corrected chi connectivity index (χ0v) is 19.2. The molecule has 0 atom stereocenters. The van der Waals surface area contributed by atoms with Crippen molar-refractivity contribution in [3.05, 3.63) is 0 Å².